The van der Waals surface area contributed by atoms with Crippen LogP contribution in [0.5, 0.6) is 0 Å². The van der Waals surface area contributed by atoms with Gasteiger partial charge in [-0.2, -0.15) is 0 Å². The van der Waals surface area contributed by atoms with E-state index in [-0.39, 0.29) is 0 Å². The zero-order chi connectivity index (χ0) is 14.4. The van der Waals surface area contributed by atoms with Crippen LogP contribution in [-0.4, -0.2) is 37.6 Å². The molecule has 2 nitrogen and oxygen atoms in total. The van der Waals surface area contributed by atoms with E-state index in [4.69, 9.17) is 0 Å². The van der Waals surface area contributed by atoms with Crippen molar-refractivity contribution >= 4 is 0 Å². The molecular formula is C18H36N2. The molecule has 2 fully saturated rings. The molecule has 2 rings (SSSR count). The van der Waals surface area contributed by atoms with Crippen LogP contribution < -0.4 is 5.32 Å². The first kappa shape index (κ1) is 16.3. The van der Waals surface area contributed by atoms with Crippen molar-refractivity contribution in [3.8, 4) is 0 Å². The van der Waals surface area contributed by atoms with Crippen molar-refractivity contribution in [3.05, 3.63) is 0 Å². The molecule has 0 bridgehead atoms. The highest BCUT2D eigenvalue weighted by Crippen LogP contribution is 2.39. The van der Waals surface area contributed by atoms with Gasteiger partial charge in [-0.15, -0.1) is 0 Å². The van der Waals surface area contributed by atoms with Crippen molar-refractivity contribution in [2.75, 3.05) is 32.7 Å². The van der Waals surface area contributed by atoms with E-state index in [9.17, 15) is 0 Å². The molecule has 118 valence electrons. The Bertz CT molecular complexity index is 259. The summed E-state index contributed by atoms with van der Waals surface area (Å²) in [5, 5.41) is 3.66. The second-order valence-corrected chi connectivity index (χ2v) is 7.59. The van der Waals surface area contributed by atoms with Crippen molar-refractivity contribution in [1.82, 2.24) is 10.2 Å². The van der Waals surface area contributed by atoms with Crippen LogP contribution in [0.1, 0.15) is 65.7 Å². The van der Waals surface area contributed by atoms with E-state index in [1.165, 1.54) is 71.1 Å². The summed E-state index contributed by atoms with van der Waals surface area (Å²) < 4.78 is 0. The Balaban J connectivity index is 1.90. The summed E-state index contributed by atoms with van der Waals surface area (Å²) in [6.45, 7) is 13.3. The maximum Gasteiger partial charge on any atom is 0.00501 e. The molecule has 0 unspecified atom stereocenters. The molecule has 0 aliphatic heterocycles. The van der Waals surface area contributed by atoms with Crippen LogP contribution in [0.3, 0.4) is 0 Å². The molecule has 2 aliphatic carbocycles. The van der Waals surface area contributed by atoms with Gasteiger partial charge < -0.3 is 10.2 Å². The highest BCUT2D eigenvalue weighted by molar-refractivity contribution is 4.90. The molecular weight excluding hydrogens is 244 g/mol. The first-order valence-electron chi connectivity index (χ1n) is 9.10. The number of nitrogens with one attached hydrogen (secondary N) is 1. The first-order valence-corrected chi connectivity index (χ1v) is 9.10. The third kappa shape index (κ3) is 4.46. The minimum Gasteiger partial charge on any atom is -0.316 e. The summed E-state index contributed by atoms with van der Waals surface area (Å²) >= 11 is 0. The maximum atomic E-state index is 3.66. The van der Waals surface area contributed by atoms with Gasteiger partial charge in [0.2, 0.25) is 0 Å². The van der Waals surface area contributed by atoms with Crippen molar-refractivity contribution in [2.45, 2.75) is 65.7 Å². The Morgan fingerprint density at radius 2 is 1.80 bits per heavy atom. The zero-order valence-corrected chi connectivity index (χ0v) is 14.1. The molecule has 0 saturated heterocycles. The molecule has 2 saturated carbocycles. The van der Waals surface area contributed by atoms with E-state index in [0.29, 0.717) is 5.41 Å². The minimum absolute atomic E-state index is 0.558. The van der Waals surface area contributed by atoms with Crippen molar-refractivity contribution in [1.29, 1.82) is 0 Å². The second-order valence-electron chi connectivity index (χ2n) is 7.59. The molecule has 20 heavy (non-hydrogen) atoms. The highest BCUT2D eigenvalue weighted by atomic mass is 15.1. The molecule has 0 amide bonds. The van der Waals surface area contributed by atoms with Gasteiger partial charge in [-0.05, 0) is 56.0 Å². The smallest absolute Gasteiger partial charge is 0.00501 e. The molecule has 0 spiro atoms. The van der Waals surface area contributed by atoms with Gasteiger partial charge >= 0.3 is 0 Å². The average Bonchev–Trinajstić information content (AvgIpc) is 2.42. The third-order valence-electron chi connectivity index (χ3n) is 5.83. The second kappa shape index (κ2) is 7.79. The lowest BCUT2D eigenvalue weighted by Crippen LogP contribution is -2.47. The van der Waals surface area contributed by atoms with E-state index in [1.54, 1.807) is 0 Å². The number of rotatable bonds is 8. The van der Waals surface area contributed by atoms with Crippen molar-refractivity contribution < 1.29 is 0 Å². The number of nitrogens with zero attached hydrogens (tertiary/aromatic N) is 1. The normalized spacial score (nSPS) is 31.5. The fourth-order valence-electron chi connectivity index (χ4n) is 3.98. The van der Waals surface area contributed by atoms with Gasteiger partial charge in [0.1, 0.15) is 0 Å². The van der Waals surface area contributed by atoms with Crippen molar-refractivity contribution in [2.24, 2.45) is 17.3 Å². The Labute approximate surface area is 126 Å². The Kier molecular flexibility index (Phi) is 6.35. The van der Waals surface area contributed by atoms with E-state index >= 15 is 0 Å². The van der Waals surface area contributed by atoms with Crippen LogP contribution in [0.4, 0.5) is 0 Å². The van der Waals surface area contributed by atoms with Crippen LogP contribution in [0.25, 0.3) is 0 Å². The van der Waals surface area contributed by atoms with Gasteiger partial charge in [-0.25, -0.2) is 0 Å². The largest absolute Gasteiger partial charge is 0.316 e. The van der Waals surface area contributed by atoms with Crippen LogP contribution in [0, 0.1) is 17.3 Å². The summed E-state index contributed by atoms with van der Waals surface area (Å²) in [5.74, 6) is 1.96. The molecule has 0 atom stereocenters. The van der Waals surface area contributed by atoms with E-state index in [1.807, 2.05) is 0 Å². The topological polar surface area (TPSA) is 15.3 Å². The fraction of sp³-hybridized carbons (Fsp3) is 1.00. The zero-order valence-electron chi connectivity index (χ0n) is 14.1. The highest BCUT2D eigenvalue weighted by Gasteiger charge is 2.35. The van der Waals surface area contributed by atoms with E-state index < -0.39 is 0 Å². The lowest BCUT2D eigenvalue weighted by Gasteiger charge is -2.44. The van der Waals surface area contributed by atoms with Gasteiger partial charge in [-0.1, -0.05) is 40.0 Å². The molecule has 0 aromatic carbocycles. The molecule has 0 heterocycles. The maximum absolute atomic E-state index is 3.66. The quantitative estimate of drug-likeness (QED) is 0.725. The number of hydrogen-bond acceptors (Lipinski definition) is 2. The van der Waals surface area contributed by atoms with E-state index in [2.05, 4.69) is 31.0 Å². The predicted octanol–water partition coefficient (Wildman–Crippen LogP) is 3.91. The lowest BCUT2D eigenvalue weighted by molar-refractivity contribution is 0.0714. The molecule has 0 aromatic rings. The SMILES string of the molecule is CCNCC1(CN(CC)CC2CCC2)CCC(C)CC1. The third-order valence-corrected chi connectivity index (χ3v) is 5.83. The van der Waals surface area contributed by atoms with Gasteiger partial charge in [0.25, 0.3) is 0 Å². The van der Waals surface area contributed by atoms with Crippen LogP contribution in [0.2, 0.25) is 0 Å². The summed E-state index contributed by atoms with van der Waals surface area (Å²) in [7, 11) is 0. The fourth-order valence-corrected chi connectivity index (χ4v) is 3.98. The molecule has 2 aliphatic rings. The van der Waals surface area contributed by atoms with Gasteiger partial charge in [0.15, 0.2) is 0 Å². The van der Waals surface area contributed by atoms with E-state index in [0.717, 1.165) is 18.4 Å². The Hall–Kier alpha value is -0.0800. The molecule has 0 aromatic heterocycles. The van der Waals surface area contributed by atoms with Gasteiger partial charge in [0.05, 0.1) is 0 Å². The minimum atomic E-state index is 0.558. The first-order chi connectivity index (χ1) is 9.67. The van der Waals surface area contributed by atoms with Gasteiger partial charge in [-0.3, -0.25) is 0 Å². The van der Waals surface area contributed by atoms with Crippen LogP contribution in [-0.2, 0) is 0 Å². The van der Waals surface area contributed by atoms with Crippen molar-refractivity contribution in [3.63, 3.8) is 0 Å². The lowest BCUT2D eigenvalue weighted by atomic mass is 9.70. The summed E-state index contributed by atoms with van der Waals surface area (Å²) in [6.07, 6.45) is 10.2. The van der Waals surface area contributed by atoms with Crippen LogP contribution in [0.15, 0.2) is 0 Å². The number of hydrogen-bond donors (Lipinski definition) is 1. The molecule has 0 radical (unpaired) electrons. The molecule has 1 N–H and O–H groups in total. The standard InChI is InChI=1S/C18H36N2/c1-4-19-14-18(11-9-16(3)10-12-18)15-20(5-2)13-17-7-6-8-17/h16-17,19H,4-15H2,1-3H3. The monoisotopic (exact) mass is 280 g/mol. The summed E-state index contributed by atoms with van der Waals surface area (Å²) in [5.41, 5.74) is 0.558. The Morgan fingerprint density at radius 1 is 1.10 bits per heavy atom. The predicted molar refractivity (Wildman–Crippen MR) is 88.1 cm³/mol. The van der Waals surface area contributed by atoms with Crippen LogP contribution >= 0.6 is 0 Å². The summed E-state index contributed by atoms with van der Waals surface area (Å²) in [4.78, 5) is 2.76. The average molecular weight is 280 g/mol. The summed E-state index contributed by atoms with van der Waals surface area (Å²) in [6, 6.07) is 0. The van der Waals surface area contributed by atoms with Gasteiger partial charge in [0, 0.05) is 19.6 Å². The molecule has 2 heteroatoms. The Morgan fingerprint density at radius 3 is 2.30 bits per heavy atom.